The highest BCUT2D eigenvalue weighted by atomic mass is 35.5. The van der Waals surface area contributed by atoms with Gasteiger partial charge in [0.15, 0.2) is 0 Å². The number of rotatable bonds is 3. The van der Waals surface area contributed by atoms with Crippen molar-refractivity contribution in [2.75, 3.05) is 6.61 Å². The number of hydrogen-bond acceptors (Lipinski definition) is 4. The van der Waals surface area contributed by atoms with E-state index >= 15 is 0 Å². The number of carbonyl (C=O) groups excluding carboxylic acids is 2. The fourth-order valence-corrected chi connectivity index (χ4v) is 2.63. The Bertz CT molecular complexity index is 537. The van der Waals surface area contributed by atoms with Crippen LogP contribution < -0.4 is 0 Å². The number of carbonyl (C=O) groups is 2. The number of phenols is 1. The van der Waals surface area contributed by atoms with Crippen molar-refractivity contribution in [3.63, 3.8) is 0 Å². The molecule has 5 heteroatoms. The van der Waals surface area contributed by atoms with Gasteiger partial charge in [-0.15, -0.1) is 0 Å². The number of benzene rings is 1. The van der Waals surface area contributed by atoms with E-state index in [4.69, 9.17) is 16.3 Å². The Morgan fingerprint density at radius 3 is 2.74 bits per heavy atom. The van der Waals surface area contributed by atoms with Crippen molar-refractivity contribution in [1.29, 1.82) is 0 Å². The number of ketones is 1. The molecule has 0 fully saturated rings. The van der Waals surface area contributed by atoms with Crippen molar-refractivity contribution in [2.45, 2.75) is 32.6 Å². The van der Waals surface area contributed by atoms with Crippen molar-refractivity contribution in [3.05, 3.63) is 27.8 Å². The highest BCUT2D eigenvalue weighted by Gasteiger charge is 2.28. The predicted molar refractivity (Wildman–Crippen MR) is 70.7 cm³/mol. The third kappa shape index (κ3) is 2.59. The van der Waals surface area contributed by atoms with Crippen molar-refractivity contribution >= 4 is 23.4 Å². The number of esters is 1. The lowest BCUT2D eigenvalue weighted by Crippen LogP contribution is -2.21. The van der Waals surface area contributed by atoms with E-state index < -0.39 is 11.8 Å². The van der Waals surface area contributed by atoms with Gasteiger partial charge in [0.2, 0.25) is 0 Å². The van der Waals surface area contributed by atoms with E-state index in [1.165, 1.54) is 0 Å². The van der Waals surface area contributed by atoms with Crippen LogP contribution in [0.2, 0.25) is 5.02 Å². The number of fused-ring (bicyclic) bond motifs is 1. The zero-order valence-corrected chi connectivity index (χ0v) is 11.4. The molecular formula is C14H15ClO4. The highest BCUT2D eigenvalue weighted by molar-refractivity contribution is 6.43. The van der Waals surface area contributed by atoms with E-state index in [-0.39, 0.29) is 22.9 Å². The number of halogens is 1. The molecule has 0 aromatic heterocycles. The monoisotopic (exact) mass is 282 g/mol. The Morgan fingerprint density at radius 1 is 1.37 bits per heavy atom. The van der Waals surface area contributed by atoms with Gasteiger partial charge in [-0.05, 0) is 49.8 Å². The molecule has 0 heterocycles. The maximum atomic E-state index is 12.1. The van der Waals surface area contributed by atoms with E-state index in [1.807, 2.05) is 0 Å². The van der Waals surface area contributed by atoms with Crippen molar-refractivity contribution in [2.24, 2.45) is 0 Å². The molecule has 0 bridgehead atoms. The van der Waals surface area contributed by atoms with Crippen molar-refractivity contribution in [3.8, 4) is 5.75 Å². The molecule has 1 N–H and O–H groups in total. The smallest absolute Gasteiger partial charge is 0.379 e. The molecule has 0 amide bonds. The Kier molecular flexibility index (Phi) is 4.10. The zero-order chi connectivity index (χ0) is 14.0. The number of aryl methyl sites for hydroxylation is 1. The fourth-order valence-electron chi connectivity index (χ4n) is 2.40. The summed E-state index contributed by atoms with van der Waals surface area (Å²) in [5.74, 6) is -2.09. The van der Waals surface area contributed by atoms with Gasteiger partial charge in [-0.3, -0.25) is 4.79 Å². The summed E-state index contributed by atoms with van der Waals surface area (Å²) in [5, 5.41) is 10.1. The van der Waals surface area contributed by atoms with Crippen molar-refractivity contribution in [1.82, 2.24) is 0 Å². The molecule has 0 unspecified atom stereocenters. The molecule has 0 spiro atoms. The van der Waals surface area contributed by atoms with E-state index in [1.54, 1.807) is 13.0 Å². The summed E-state index contributed by atoms with van der Waals surface area (Å²) in [4.78, 5) is 23.7. The summed E-state index contributed by atoms with van der Waals surface area (Å²) in [6, 6.07) is 1.67. The van der Waals surface area contributed by atoms with Crippen LogP contribution in [0.5, 0.6) is 5.75 Å². The molecule has 2 rings (SSSR count). The summed E-state index contributed by atoms with van der Waals surface area (Å²) >= 11 is 5.92. The third-order valence-electron chi connectivity index (χ3n) is 3.26. The third-order valence-corrected chi connectivity index (χ3v) is 3.55. The molecule has 19 heavy (non-hydrogen) atoms. The average molecular weight is 283 g/mol. The molecule has 1 aromatic carbocycles. The second-order valence-corrected chi connectivity index (χ2v) is 4.88. The molecule has 4 nitrogen and oxygen atoms in total. The van der Waals surface area contributed by atoms with Crippen LogP contribution in [0.15, 0.2) is 6.07 Å². The van der Waals surface area contributed by atoms with E-state index in [0.29, 0.717) is 6.42 Å². The largest absolute Gasteiger partial charge is 0.506 e. The van der Waals surface area contributed by atoms with Gasteiger partial charge < -0.3 is 9.84 Å². The van der Waals surface area contributed by atoms with Crippen LogP contribution in [0.3, 0.4) is 0 Å². The minimum absolute atomic E-state index is 0.0145. The SMILES string of the molecule is CCOC(=O)C(=O)c1c(O)c(Cl)cc2c1CCCC2. The average Bonchev–Trinajstić information content (AvgIpc) is 2.40. The van der Waals surface area contributed by atoms with Gasteiger partial charge in [-0.2, -0.15) is 0 Å². The lowest BCUT2D eigenvalue weighted by molar-refractivity contribution is -0.137. The Morgan fingerprint density at radius 2 is 2.05 bits per heavy atom. The predicted octanol–water partition coefficient (Wildman–Crippen LogP) is 2.67. The molecule has 1 aliphatic carbocycles. The van der Waals surface area contributed by atoms with Gasteiger partial charge in [-0.25, -0.2) is 4.79 Å². The minimum Gasteiger partial charge on any atom is -0.506 e. The van der Waals surface area contributed by atoms with Gasteiger partial charge in [0.05, 0.1) is 17.2 Å². The molecule has 102 valence electrons. The van der Waals surface area contributed by atoms with Crippen LogP contribution in [-0.2, 0) is 22.4 Å². The number of ether oxygens (including phenoxy) is 1. The lowest BCUT2D eigenvalue weighted by Gasteiger charge is -2.20. The molecule has 1 aromatic rings. The maximum absolute atomic E-state index is 12.1. The summed E-state index contributed by atoms with van der Waals surface area (Å²) in [5.41, 5.74) is 1.67. The Labute approximate surface area is 116 Å². The van der Waals surface area contributed by atoms with E-state index in [0.717, 1.165) is 30.4 Å². The molecule has 0 aliphatic heterocycles. The molecular weight excluding hydrogens is 268 g/mol. The van der Waals surface area contributed by atoms with Crippen LogP contribution in [0.1, 0.15) is 41.3 Å². The normalized spacial score (nSPS) is 13.8. The fraction of sp³-hybridized carbons (Fsp3) is 0.429. The first kappa shape index (κ1) is 13.9. The quantitative estimate of drug-likeness (QED) is 0.526. The number of Topliss-reactive ketones (excluding diaryl/α,β-unsaturated/α-hetero) is 1. The zero-order valence-electron chi connectivity index (χ0n) is 10.7. The number of phenolic OH excluding ortho intramolecular Hbond substituents is 1. The van der Waals surface area contributed by atoms with E-state index in [2.05, 4.69) is 0 Å². The number of aromatic hydroxyl groups is 1. The van der Waals surface area contributed by atoms with Crippen molar-refractivity contribution < 1.29 is 19.4 Å². The Balaban J connectivity index is 2.52. The molecule has 0 saturated heterocycles. The second kappa shape index (κ2) is 5.61. The topological polar surface area (TPSA) is 63.6 Å². The lowest BCUT2D eigenvalue weighted by atomic mass is 9.86. The van der Waals surface area contributed by atoms with Crippen LogP contribution in [-0.4, -0.2) is 23.5 Å². The van der Waals surface area contributed by atoms with Crippen LogP contribution in [0.4, 0.5) is 0 Å². The first-order valence-electron chi connectivity index (χ1n) is 6.31. The van der Waals surface area contributed by atoms with E-state index in [9.17, 15) is 14.7 Å². The number of hydrogen-bond donors (Lipinski definition) is 1. The summed E-state index contributed by atoms with van der Waals surface area (Å²) in [6.07, 6.45) is 3.41. The van der Waals surface area contributed by atoms with Crippen LogP contribution in [0, 0.1) is 0 Å². The second-order valence-electron chi connectivity index (χ2n) is 4.48. The Hall–Kier alpha value is -1.55. The van der Waals surface area contributed by atoms with Crippen LogP contribution >= 0.6 is 11.6 Å². The first-order valence-corrected chi connectivity index (χ1v) is 6.68. The van der Waals surface area contributed by atoms with Gasteiger partial charge >= 0.3 is 5.97 Å². The standard InChI is InChI=1S/C14H15ClO4/c1-2-19-14(18)13(17)11-9-6-4-3-5-8(9)7-10(15)12(11)16/h7,16H,2-6H2,1H3. The summed E-state index contributed by atoms with van der Waals surface area (Å²) in [7, 11) is 0. The van der Waals surface area contributed by atoms with Gasteiger partial charge in [-0.1, -0.05) is 11.6 Å². The highest BCUT2D eigenvalue weighted by Crippen LogP contribution is 2.36. The summed E-state index contributed by atoms with van der Waals surface area (Å²) < 4.78 is 4.70. The first-order chi connectivity index (χ1) is 9.06. The molecule has 0 radical (unpaired) electrons. The molecule has 0 atom stereocenters. The molecule has 1 aliphatic rings. The molecule has 0 saturated carbocycles. The van der Waals surface area contributed by atoms with Gasteiger partial charge in [0, 0.05) is 0 Å². The van der Waals surface area contributed by atoms with Crippen LogP contribution in [0.25, 0.3) is 0 Å². The maximum Gasteiger partial charge on any atom is 0.379 e. The van der Waals surface area contributed by atoms with Gasteiger partial charge in [0.25, 0.3) is 5.78 Å². The van der Waals surface area contributed by atoms with Gasteiger partial charge in [0.1, 0.15) is 5.75 Å². The minimum atomic E-state index is -0.951. The summed E-state index contributed by atoms with van der Waals surface area (Å²) in [6.45, 7) is 1.74.